The second-order valence-electron chi connectivity index (χ2n) is 19.8. The molecule has 3 unspecified atom stereocenters. The Hall–Kier alpha value is -2.18. The Morgan fingerprint density at radius 1 is 0.439 bits per heavy atom. The van der Waals surface area contributed by atoms with E-state index in [1.165, 1.54) is 180 Å². The van der Waals surface area contributed by atoms with Crippen LogP contribution in [-0.4, -0.2) is 46.9 Å². The SMILES string of the molecule is CCCCC/C=C/C=C/C=C/C=C/CCCCCC(CC(=O)NC(CO)C(O)CCCCCCCCCCCCCCCCCC)OC(=O)CCCCCCCCCCCCCCCCC. The number of unbranched alkanes of at least 4 members (excludes halogenated alkanes) is 35. The molecule has 0 aliphatic heterocycles. The van der Waals surface area contributed by atoms with Gasteiger partial charge in [0, 0.05) is 6.42 Å². The van der Waals surface area contributed by atoms with Gasteiger partial charge in [-0.3, -0.25) is 9.59 Å². The van der Waals surface area contributed by atoms with Gasteiger partial charge in [0.2, 0.25) is 5.91 Å². The highest BCUT2D eigenvalue weighted by Gasteiger charge is 2.24. The van der Waals surface area contributed by atoms with Crippen LogP contribution < -0.4 is 5.32 Å². The van der Waals surface area contributed by atoms with Crippen molar-refractivity contribution in [3.63, 3.8) is 0 Å². The second kappa shape index (κ2) is 53.8. The van der Waals surface area contributed by atoms with Crippen LogP contribution in [-0.2, 0) is 14.3 Å². The van der Waals surface area contributed by atoms with Crippen molar-refractivity contribution in [2.45, 2.75) is 315 Å². The molecular weight excluding hydrogens is 815 g/mol. The maximum absolute atomic E-state index is 13.3. The van der Waals surface area contributed by atoms with Gasteiger partial charge in [-0.1, -0.05) is 281 Å². The van der Waals surface area contributed by atoms with Crippen molar-refractivity contribution in [3.05, 3.63) is 48.6 Å². The number of aliphatic hydroxyl groups excluding tert-OH is 2. The summed E-state index contributed by atoms with van der Waals surface area (Å²) in [5, 5.41) is 23.9. The third kappa shape index (κ3) is 48.3. The summed E-state index contributed by atoms with van der Waals surface area (Å²) in [4.78, 5) is 26.3. The van der Waals surface area contributed by atoms with Gasteiger partial charge in [-0.05, 0) is 51.4 Å². The van der Waals surface area contributed by atoms with Crippen molar-refractivity contribution in [2.24, 2.45) is 0 Å². The van der Waals surface area contributed by atoms with Crippen LogP contribution in [0.1, 0.15) is 297 Å². The van der Waals surface area contributed by atoms with Crippen LogP contribution in [0.15, 0.2) is 48.6 Å². The Kier molecular flexibility index (Phi) is 52.0. The zero-order valence-corrected chi connectivity index (χ0v) is 44.1. The number of aliphatic hydroxyl groups is 2. The maximum atomic E-state index is 13.3. The topological polar surface area (TPSA) is 95.9 Å². The van der Waals surface area contributed by atoms with Crippen LogP contribution in [0.5, 0.6) is 0 Å². The smallest absolute Gasteiger partial charge is 0.306 e. The summed E-state index contributed by atoms with van der Waals surface area (Å²) in [6, 6.07) is -0.714. The van der Waals surface area contributed by atoms with Crippen LogP contribution in [0.25, 0.3) is 0 Å². The van der Waals surface area contributed by atoms with E-state index in [1.807, 2.05) is 0 Å². The zero-order valence-electron chi connectivity index (χ0n) is 44.1. The first-order chi connectivity index (χ1) is 32.5. The molecule has 1 amide bonds. The van der Waals surface area contributed by atoms with E-state index in [2.05, 4.69) is 74.7 Å². The number of carbonyl (C=O) groups excluding carboxylic acids is 2. The summed E-state index contributed by atoms with van der Waals surface area (Å²) in [7, 11) is 0. The fourth-order valence-corrected chi connectivity index (χ4v) is 8.86. The van der Waals surface area contributed by atoms with Crippen molar-refractivity contribution < 1.29 is 24.5 Å². The second-order valence-corrected chi connectivity index (χ2v) is 19.8. The van der Waals surface area contributed by atoms with E-state index in [0.717, 1.165) is 70.6 Å². The summed E-state index contributed by atoms with van der Waals surface area (Å²) in [6.45, 7) is 6.47. The molecule has 386 valence electrons. The fraction of sp³-hybridized carbons (Fsp3) is 0.833. The van der Waals surface area contributed by atoms with Crippen molar-refractivity contribution >= 4 is 11.9 Å². The quantitative estimate of drug-likeness (QED) is 0.0321. The number of rotatable bonds is 52. The molecule has 0 heterocycles. The van der Waals surface area contributed by atoms with Gasteiger partial charge >= 0.3 is 5.97 Å². The van der Waals surface area contributed by atoms with Gasteiger partial charge in [-0.25, -0.2) is 0 Å². The fourth-order valence-electron chi connectivity index (χ4n) is 8.86. The molecule has 0 saturated heterocycles. The molecule has 0 aliphatic carbocycles. The van der Waals surface area contributed by atoms with Crippen molar-refractivity contribution in [1.29, 1.82) is 0 Å². The molecule has 0 aromatic carbocycles. The summed E-state index contributed by atoms with van der Waals surface area (Å²) >= 11 is 0. The van der Waals surface area contributed by atoms with E-state index in [-0.39, 0.29) is 24.9 Å². The first kappa shape index (κ1) is 63.8. The highest BCUT2D eigenvalue weighted by atomic mass is 16.5. The van der Waals surface area contributed by atoms with E-state index in [0.29, 0.717) is 19.3 Å². The number of hydrogen-bond acceptors (Lipinski definition) is 5. The Morgan fingerprint density at radius 3 is 1.20 bits per heavy atom. The number of nitrogens with one attached hydrogen (secondary N) is 1. The lowest BCUT2D eigenvalue weighted by Crippen LogP contribution is -2.46. The minimum absolute atomic E-state index is 0.0546. The highest BCUT2D eigenvalue weighted by molar-refractivity contribution is 5.77. The predicted octanol–water partition coefficient (Wildman–Crippen LogP) is 17.8. The Bertz CT molecular complexity index is 1130. The number of ether oxygens (including phenoxy) is 1. The number of esters is 1. The van der Waals surface area contributed by atoms with E-state index in [9.17, 15) is 19.8 Å². The molecule has 0 aromatic rings. The normalized spacial score (nSPS) is 13.5. The molecule has 3 N–H and O–H groups in total. The average molecular weight is 927 g/mol. The highest BCUT2D eigenvalue weighted by Crippen LogP contribution is 2.18. The van der Waals surface area contributed by atoms with Gasteiger partial charge in [0.25, 0.3) is 0 Å². The molecule has 0 radical (unpaired) electrons. The first-order valence-corrected chi connectivity index (χ1v) is 28.9. The third-order valence-corrected chi connectivity index (χ3v) is 13.3. The minimum atomic E-state index is -0.798. The van der Waals surface area contributed by atoms with Gasteiger partial charge in [0.1, 0.15) is 6.10 Å². The molecule has 66 heavy (non-hydrogen) atoms. The molecule has 0 bridgehead atoms. The third-order valence-electron chi connectivity index (χ3n) is 13.3. The maximum Gasteiger partial charge on any atom is 0.306 e. The molecule has 6 heteroatoms. The lowest BCUT2D eigenvalue weighted by molar-refractivity contribution is -0.151. The summed E-state index contributed by atoms with van der Waals surface area (Å²) in [5.41, 5.74) is 0. The monoisotopic (exact) mass is 926 g/mol. The van der Waals surface area contributed by atoms with E-state index in [1.54, 1.807) is 0 Å². The molecule has 0 spiro atoms. The minimum Gasteiger partial charge on any atom is -0.462 e. The summed E-state index contributed by atoms with van der Waals surface area (Å²) in [6.07, 6.45) is 66.0. The summed E-state index contributed by atoms with van der Waals surface area (Å²) < 4.78 is 5.94. The van der Waals surface area contributed by atoms with Crippen LogP contribution in [0, 0.1) is 0 Å². The van der Waals surface area contributed by atoms with E-state index >= 15 is 0 Å². The van der Waals surface area contributed by atoms with Crippen LogP contribution in [0.4, 0.5) is 0 Å². The van der Waals surface area contributed by atoms with Crippen LogP contribution >= 0.6 is 0 Å². The predicted molar refractivity (Wildman–Crippen MR) is 287 cm³/mol. The van der Waals surface area contributed by atoms with Crippen molar-refractivity contribution in [1.82, 2.24) is 5.32 Å². The molecular formula is C60H111NO5. The Labute approximate surface area is 410 Å². The van der Waals surface area contributed by atoms with Gasteiger partial charge in [-0.15, -0.1) is 0 Å². The van der Waals surface area contributed by atoms with Crippen molar-refractivity contribution in [2.75, 3.05) is 6.61 Å². The summed E-state index contributed by atoms with van der Waals surface area (Å²) in [5.74, 6) is -0.499. The van der Waals surface area contributed by atoms with E-state index < -0.39 is 18.2 Å². The van der Waals surface area contributed by atoms with Gasteiger partial charge in [-0.2, -0.15) is 0 Å². The van der Waals surface area contributed by atoms with Crippen LogP contribution in [0.3, 0.4) is 0 Å². The molecule has 0 fully saturated rings. The van der Waals surface area contributed by atoms with E-state index in [4.69, 9.17) is 4.74 Å². The molecule has 0 saturated carbocycles. The lowest BCUT2D eigenvalue weighted by atomic mass is 10.0. The van der Waals surface area contributed by atoms with Gasteiger partial charge in [0.15, 0.2) is 0 Å². The number of amides is 1. The number of hydrogen-bond donors (Lipinski definition) is 3. The number of carbonyl (C=O) groups is 2. The average Bonchev–Trinajstić information content (AvgIpc) is 3.31. The Morgan fingerprint density at radius 2 is 0.773 bits per heavy atom. The standard InChI is InChI=1S/C60H111NO5/c1-4-7-10-13-16-19-22-25-28-31-33-36-39-42-45-48-51-56(66-60(65)53-50-47-44-41-38-35-30-27-24-21-18-15-12-9-6-3)54-59(64)61-57(55-62)58(63)52-49-46-43-40-37-34-32-29-26-23-20-17-14-11-8-5-2/h16,19,22,25,28,31,33,36,56-58,62-63H,4-15,17-18,20-21,23-24,26-27,29-30,32,34-35,37-55H2,1-3H3,(H,61,64)/b19-16+,25-22+,31-28+,36-33+. The molecule has 6 nitrogen and oxygen atoms in total. The largest absolute Gasteiger partial charge is 0.462 e. The zero-order chi connectivity index (χ0) is 48.1. The molecule has 0 aliphatic rings. The lowest BCUT2D eigenvalue weighted by Gasteiger charge is -2.24. The molecule has 3 atom stereocenters. The van der Waals surface area contributed by atoms with Gasteiger partial charge in [0.05, 0.1) is 25.2 Å². The Balaban J connectivity index is 4.60. The number of allylic oxidation sites excluding steroid dienone is 8. The molecule has 0 aromatic heterocycles. The van der Waals surface area contributed by atoms with Crippen LogP contribution in [0.2, 0.25) is 0 Å². The molecule has 0 rings (SSSR count). The van der Waals surface area contributed by atoms with Crippen molar-refractivity contribution in [3.8, 4) is 0 Å². The first-order valence-electron chi connectivity index (χ1n) is 28.9. The van der Waals surface area contributed by atoms with Gasteiger partial charge < -0.3 is 20.3 Å².